The minimum absolute atomic E-state index is 0.122. The summed E-state index contributed by atoms with van der Waals surface area (Å²) >= 11 is 0. The number of aromatic nitrogens is 1. The molecule has 0 aliphatic carbocycles. The topological polar surface area (TPSA) is 68.2 Å². The van der Waals surface area contributed by atoms with Crippen molar-refractivity contribution in [2.75, 3.05) is 11.1 Å². The maximum absolute atomic E-state index is 13.6. The van der Waals surface area contributed by atoms with E-state index in [1.54, 1.807) is 20.8 Å². The zero-order valence-corrected chi connectivity index (χ0v) is 15.4. The molecular formula is C17H19F3N2O3S. The van der Waals surface area contributed by atoms with E-state index in [4.69, 9.17) is 2.74 Å². The molecule has 0 aliphatic rings. The van der Waals surface area contributed by atoms with Gasteiger partial charge in [-0.25, -0.2) is 21.6 Å². The highest BCUT2D eigenvalue weighted by atomic mass is 32.2. The number of nitrogens with zero attached hydrogens (tertiary/aromatic N) is 1. The van der Waals surface area contributed by atoms with Crippen molar-refractivity contribution in [2.45, 2.75) is 25.7 Å². The summed E-state index contributed by atoms with van der Waals surface area (Å²) in [7, 11) is -2.32. The summed E-state index contributed by atoms with van der Waals surface area (Å²) in [6, 6.07) is -1.29. The Morgan fingerprint density at radius 1 is 1.23 bits per heavy atom. The normalized spacial score (nSPS) is 13.3. The molecule has 1 aromatic carbocycles. The predicted molar refractivity (Wildman–Crippen MR) is 91.2 cm³/mol. The standard InChI is InChI=1S/C17H19F3N2O3S/c1-17(2,3)9-26(24,25)11-7-14(22(4)8-11)16(23)21-10-5-12(18)15(20)13(19)6-10/h5-8H,9H2,1-4H3,(H,21,23)/i5D,6D. The number of hydrogen-bond acceptors (Lipinski definition) is 3. The number of carbonyl (C=O) groups excluding carboxylic acids is 1. The van der Waals surface area contributed by atoms with Gasteiger partial charge in [-0.15, -0.1) is 0 Å². The third-order valence-electron chi connectivity index (χ3n) is 3.29. The van der Waals surface area contributed by atoms with Crippen molar-refractivity contribution in [3.8, 4) is 0 Å². The average Bonchev–Trinajstić information content (AvgIpc) is 2.96. The monoisotopic (exact) mass is 390 g/mol. The molecule has 0 unspecified atom stereocenters. The van der Waals surface area contributed by atoms with Gasteiger partial charge in [0.2, 0.25) is 0 Å². The van der Waals surface area contributed by atoms with Crippen LogP contribution in [0.4, 0.5) is 18.9 Å². The lowest BCUT2D eigenvalue weighted by atomic mass is 10.0. The van der Waals surface area contributed by atoms with Crippen LogP contribution in [-0.2, 0) is 16.9 Å². The van der Waals surface area contributed by atoms with Crippen molar-refractivity contribution in [3.63, 3.8) is 0 Å². The number of hydrogen-bond donors (Lipinski definition) is 1. The summed E-state index contributed by atoms with van der Waals surface area (Å²) in [5, 5.41) is 1.98. The van der Waals surface area contributed by atoms with E-state index in [-0.39, 0.29) is 16.3 Å². The Morgan fingerprint density at radius 3 is 2.27 bits per heavy atom. The molecular weight excluding hydrogens is 369 g/mol. The molecule has 0 fully saturated rings. The van der Waals surface area contributed by atoms with Crippen molar-refractivity contribution in [2.24, 2.45) is 12.5 Å². The SMILES string of the molecule is [2H]c1c(F)c(F)c(F)c([2H])c1NC(=O)c1cc(S(=O)(=O)CC(C)(C)C)cn1C. The number of rotatable bonds is 4. The highest BCUT2D eigenvalue weighted by molar-refractivity contribution is 7.91. The van der Waals surface area contributed by atoms with Gasteiger partial charge in [0.25, 0.3) is 5.91 Å². The van der Waals surface area contributed by atoms with Crippen LogP contribution in [0.2, 0.25) is 0 Å². The van der Waals surface area contributed by atoms with E-state index in [0.29, 0.717) is 0 Å². The van der Waals surface area contributed by atoms with Crippen molar-refractivity contribution in [3.05, 3.63) is 47.5 Å². The summed E-state index contributed by atoms with van der Waals surface area (Å²) in [4.78, 5) is 12.3. The second-order valence-electron chi connectivity index (χ2n) is 7.01. The molecule has 2 aromatic rings. The molecule has 0 saturated carbocycles. The minimum Gasteiger partial charge on any atom is -0.345 e. The molecule has 0 saturated heterocycles. The molecule has 1 amide bonds. The van der Waals surface area contributed by atoms with Crippen LogP contribution in [0, 0.1) is 22.9 Å². The van der Waals surface area contributed by atoms with Gasteiger partial charge in [-0.1, -0.05) is 20.8 Å². The molecule has 1 aromatic heterocycles. The molecule has 9 heteroatoms. The van der Waals surface area contributed by atoms with Crippen LogP contribution in [-0.4, -0.2) is 24.6 Å². The Hall–Kier alpha value is -2.29. The second kappa shape index (κ2) is 6.79. The van der Waals surface area contributed by atoms with Crippen LogP contribution in [0.1, 0.15) is 34.0 Å². The van der Waals surface area contributed by atoms with Gasteiger partial charge in [0, 0.05) is 31.0 Å². The second-order valence-corrected chi connectivity index (χ2v) is 9.00. The Morgan fingerprint density at radius 2 is 1.77 bits per heavy atom. The number of aryl methyl sites for hydroxylation is 1. The minimum atomic E-state index is -3.71. The number of carbonyl (C=O) groups is 1. The number of halogens is 3. The molecule has 0 bridgehead atoms. The summed E-state index contributed by atoms with van der Waals surface area (Å²) < 4.78 is 81.5. The predicted octanol–water partition coefficient (Wildman–Crippen LogP) is 3.51. The van der Waals surface area contributed by atoms with Crippen LogP contribution < -0.4 is 5.32 Å². The van der Waals surface area contributed by atoms with Gasteiger partial charge >= 0.3 is 0 Å². The van der Waals surface area contributed by atoms with Crippen LogP contribution in [0.5, 0.6) is 0 Å². The maximum atomic E-state index is 13.6. The van der Waals surface area contributed by atoms with Crippen molar-refractivity contribution < 1.29 is 29.1 Å². The number of amides is 1. The van der Waals surface area contributed by atoms with E-state index in [1.807, 2.05) is 5.32 Å². The summed E-state index contributed by atoms with van der Waals surface area (Å²) in [5.74, 6) is -6.85. The van der Waals surface area contributed by atoms with Crippen molar-refractivity contribution >= 4 is 21.4 Å². The van der Waals surface area contributed by atoms with E-state index in [1.165, 1.54) is 17.8 Å². The molecule has 26 heavy (non-hydrogen) atoms. The fourth-order valence-corrected chi connectivity index (χ4v) is 4.20. The Kier molecular flexibility index (Phi) is 4.47. The fourth-order valence-electron chi connectivity index (χ4n) is 2.28. The summed E-state index contributed by atoms with van der Waals surface area (Å²) in [5.41, 5.74) is -1.57. The quantitative estimate of drug-likeness (QED) is 0.813. The lowest BCUT2D eigenvalue weighted by Gasteiger charge is -2.17. The molecule has 1 N–H and O–H groups in total. The van der Waals surface area contributed by atoms with Crippen LogP contribution >= 0.6 is 0 Å². The van der Waals surface area contributed by atoms with E-state index >= 15 is 0 Å². The highest BCUT2D eigenvalue weighted by Gasteiger charge is 2.26. The first kappa shape index (κ1) is 17.1. The fraction of sp³-hybridized carbons (Fsp3) is 0.353. The zero-order chi connectivity index (χ0) is 21.6. The number of anilines is 1. The maximum Gasteiger partial charge on any atom is 0.272 e. The lowest BCUT2D eigenvalue weighted by molar-refractivity contribution is 0.101. The molecule has 1 heterocycles. The Labute approximate surface area is 152 Å². The number of sulfone groups is 1. The van der Waals surface area contributed by atoms with Crippen molar-refractivity contribution in [1.82, 2.24) is 4.57 Å². The molecule has 0 radical (unpaired) electrons. The first-order valence-electron chi connectivity index (χ1n) is 8.50. The molecule has 0 aliphatic heterocycles. The van der Waals surface area contributed by atoms with Gasteiger partial charge in [0.1, 0.15) is 5.69 Å². The molecule has 142 valence electrons. The van der Waals surface area contributed by atoms with Crippen LogP contribution in [0.15, 0.2) is 29.2 Å². The van der Waals surface area contributed by atoms with E-state index in [9.17, 15) is 26.4 Å². The first-order valence-corrected chi connectivity index (χ1v) is 9.15. The van der Waals surface area contributed by atoms with Gasteiger partial charge in [-0.2, -0.15) is 0 Å². The molecule has 0 spiro atoms. The molecule has 5 nitrogen and oxygen atoms in total. The van der Waals surface area contributed by atoms with Gasteiger partial charge in [0.15, 0.2) is 27.3 Å². The van der Waals surface area contributed by atoms with Crippen LogP contribution in [0.3, 0.4) is 0 Å². The number of nitrogens with one attached hydrogen (secondary N) is 1. The van der Waals surface area contributed by atoms with Gasteiger partial charge in [-0.3, -0.25) is 4.79 Å². The van der Waals surface area contributed by atoms with E-state index < -0.39 is 56.4 Å². The van der Waals surface area contributed by atoms with Crippen molar-refractivity contribution in [1.29, 1.82) is 0 Å². The van der Waals surface area contributed by atoms with Crippen LogP contribution in [0.25, 0.3) is 0 Å². The van der Waals surface area contributed by atoms with Gasteiger partial charge in [-0.05, 0) is 11.5 Å². The molecule has 2 rings (SSSR count). The molecule has 0 atom stereocenters. The largest absolute Gasteiger partial charge is 0.345 e. The lowest BCUT2D eigenvalue weighted by Crippen LogP contribution is -2.20. The smallest absolute Gasteiger partial charge is 0.272 e. The summed E-state index contributed by atoms with van der Waals surface area (Å²) in [6.45, 7) is 5.22. The Bertz CT molecular complexity index is 1030. The van der Waals surface area contributed by atoms with Gasteiger partial charge in [0.05, 0.1) is 13.4 Å². The third-order valence-corrected chi connectivity index (χ3v) is 5.48. The first-order chi connectivity index (χ1) is 12.7. The van der Waals surface area contributed by atoms with Gasteiger partial charge < -0.3 is 9.88 Å². The highest BCUT2D eigenvalue weighted by Crippen LogP contribution is 2.24. The Balaban J connectivity index is 2.42. The summed E-state index contributed by atoms with van der Waals surface area (Å²) in [6.07, 6.45) is 1.21. The zero-order valence-electron chi connectivity index (χ0n) is 16.6. The van der Waals surface area contributed by atoms with E-state index in [2.05, 4.69) is 0 Å². The average molecular weight is 390 g/mol. The number of benzene rings is 1. The van der Waals surface area contributed by atoms with E-state index in [0.717, 1.165) is 6.07 Å². The third kappa shape index (κ3) is 4.46.